The molecule has 1 amide bonds. The molecule has 0 radical (unpaired) electrons. The molecule has 5 heteroatoms. The lowest BCUT2D eigenvalue weighted by Gasteiger charge is -2.27. The molecule has 2 atom stereocenters. The van der Waals surface area contributed by atoms with Crippen LogP contribution in [0.1, 0.15) is 23.9 Å². The number of nitrogens with one attached hydrogen (secondary N) is 1. The molecule has 5 nitrogen and oxygen atoms in total. The molecule has 26 heavy (non-hydrogen) atoms. The van der Waals surface area contributed by atoms with Gasteiger partial charge in [-0.3, -0.25) is 4.79 Å². The molecule has 1 aliphatic heterocycles. The monoisotopic (exact) mass is 347 g/mol. The highest BCUT2D eigenvalue weighted by atomic mass is 16.5. The number of hydrogen-bond acceptors (Lipinski definition) is 3. The summed E-state index contributed by atoms with van der Waals surface area (Å²) in [4.78, 5) is 17.3. The average Bonchev–Trinajstić information content (AvgIpc) is 3.15. The van der Waals surface area contributed by atoms with Crippen molar-refractivity contribution in [3.8, 4) is 5.75 Å². The van der Waals surface area contributed by atoms with Crippen LogP contribution in [0.15, 0.2) is 73.1 Å². The van der Waals surface area contributed by atoms with Gasteiger partial charge in [-0.25, -0.2) is 4.98 Å². The van der Waals surface area contributed by atoms with Crippen LogP contribution in [0.25, 0.3) is 0 Å². The normalized spacial score (nSPS) is 17.2. The first-order valence-electron chi connectivity index (χ1n) is 8.86. The van der Waals surface area contributed by atoms with Gasteiger partial charge < -0.3 is 14.6 Å². The van der Waals surface area contributed by atoms with Crippen LogP contribution >= 0.6 is 0 Å². The van der Waals surface area contributed by atoms with Crippen LogP contribution < -0.4 is 10.1 Å². The molecule has 0 spiro atoms. The third kappa shape index (κ3) is 3.61. The van der Waals surface area contributed by atoms with Gasteiger partial charge in [0.2, 0.25) is 6.10 Å². The Morgan fingerprint density at radius 1 is 1.12 bits per heavy atom. The van der Waals surface area contributed by atoms with Crippen LogP contribution in [-0.4, -0.2) is 21.5 Å². The van der Waals surface area contributed by atoms with Crippen molar-refractivity contribution < 1.29 is 9.53 Å². The molecular formula is C21H21N3O2. The van der Waals surface area contributed by atoms with E-state index in [0.29, 0.717) is 5.75 Å². The number of para-hydroxylation sites is 1. The van der Waals surface area contributed by atoms with Crippen molar-refractivity contribution >= 4 is 5.91 Å². The molecule has 2 heterocycles. The van der Waals surface area contributed by atoms with Crippen molar-refractivity contribution in [2.45, 2.75) is 31.5 Å². The van der Waals surface area contributed by atoms with Gasteiger partial charge in [0, 0.05) is 37.0 Å². The average molecular weight is 347 g/mol. The summed E-state index contributed by atoms with van der Waals surface area (Å²) < 4.78 is 8.13. The van der Waals surface area contributed by atoms with E-state index >= 15 is 0 Å². The molecule has 4 rings (SSSR count). The van der Waals surface area contributed by atoms with E-state index in [4.69, 9.17) is 4.74 Å². The summed E-state index contributed by atoms with van der Waals surface area (Å²) >= 11 is 0. The van der Waals surface area contributed by atoms with Gasteiger partial charge >= 0.3 is 0 Å². The summed E-state index contributed by atoms with van der Waals surface area (Å²) in [7, 11) is 0. The fourth-order valence-electron chi connectivity index (χ4n) is 3.30. The van der Waals surface area contributed by atoms with E-state index in [9.17, 15) is 4.79 Å². The molecule has 0 fully saturated rings. The molecule has 0 aliphatic carbocycles. The highest BCUT2D eigenvalue weighted by Crippen LogP contribution is 2.23. The van der Waals surface area contributed by atoms with E-state index in [1.807, 2.05) is 73.1 Å². The van der Waals surface area contributed by atoms with Crippen molar-refractivity contribution in [2.24, 2.45) is 0 Å². The number of amides is 1. The Balaban J connectivity index is 1.51. The van der Waals surface area contributed by atoms with Gasteiger partial charge in [-0.1, -0.05) is 48.5 Å². The number of aromatic nitrogens is 2. The molecule has 1 aliphatic rings. The van der Waals surface area contributed by atoms with E-state index in [1.165, 1.54) is 0 Å². The molecule has 132 valence electrons. The minimum atomic E-state index is -0.678. The van der Waals surface area contributed by atoms with Gasteiger partial charge in [0.05, 0.1) is 0 Å². The lowest BCUT2D eigenvalue weighted by atomic mass is 10.0. The molecule has 0 unspecified atom stereocenters. The van der Waals surface area contributed by atoms with E-state index in [-0.39, 0.29) is 11.9 Å². The lowest BCUT2D eigenvalue weighted by Crippen LogP contribution is -2.44. The van der Waals surface area contributed by atoms with E-state index in [1.54, 1.807) is 0 Å². The zero-order valence-electron chi connectivity index (χ0n) is 14.4. The van der Waals surface area contributed by atoms with Gasteiger partial charge in [0.15, 0.2) is 0 Å². The second kappa shape index (κ2) is 7.44. The summed E-state index contributed by atoms with van der Waals surface area (Å²) in [6, 6.07) is 19.1. The van der Waals surface area contributed by atoms with E-state index in [0.717, 1.165) is 30.8 Å². The third-order valence-electron chi connectivity index (χ3n) is 4.62. The maximum Gasteiger partial charge on any atom is 0.266 e. The summed E-state index contributed by atoms with van der Waals surface area (Å²) in [6.45, 7) is 0.744. The first-order chi connectivity index (χ1) is 12.8. The van der Waals surface area contributed by atoms with Crippen molar-refractivity contribution in [3.63, 3.8) is 0 Å². The van der Waals surface area contributed by atoms with Gasteiger partial charge in [-0.15, -0.1) is 0 Å². The molecule has 0 bridgehead atoms. The number of carbonyl (C=O) groups is 1. The molecule has 0 saturated heterocycles. The minimum absolute atomic E-state index is 0.0785. The first kappa shape index (κ1) is 16.4. The smallest absolute Gasteiger partial charge is 0.266 e. The third-order valence-corrected chi connectivity index (χ3v) is 4.62. The maximum atomic E-state index is 13.0. The second-order valence-corrected chi connectivity index (χ2v) is 6.46. The predicted molar refractivity (Wildman–Crippen MR) is 98.7 cm³/mol. The second-order valence-electron chi connectivity index (χ2n) is 6.46. The number of carbonyl (C=O) groups excluding carboxylic acids is 1. The maximum absolute atomic E-state index is 13.0. The number of imidazole rings is 1. The summed E-state index contributed by atoms with van der Waals surface area (Å²) in [5.41, 5.74) is 0.841. The van der Waals surface area contributed by atoms with Gasteiger partial charge in [-0.2, -0.15) is 0 Å². The number of fused-ring (bicyclic) bond motifs is 1. The molecule has 1 N–H and O–H groups in total. The zero-order valence-corrected chi connectivity index (χ0v) is 14.4. The van der Waals surface area contributed by atoms with Gasteiger partial charge in [-0.05, 0) is 18.6 Å². The Hall–Kier alpha value is -3.08. The molecule has 1 aromatic heterocycles. The SMILES string of the molecule is O=C(N[C@@H]1CCc2nccn2C1)[C@H](Oc1ccccc1)c1ccccc1. The van der Waals surface area contributed by atoms with Crippen LogP contribution in [0.5, 0.6) is 5.75 Å². The lowest BCUT2D eigenvalue weighted by molar-refractivity contribution is -0.129. The van der Waals surface area contributed by atoms with Gasteiger partial charge in [0.25, 0.3) is 5.91 Å². The predicted octanol–water partition coefficient (Wildman–Crippen LogP) is 3.13. The summed E-state index contributed by atoms with van der Waals surface area (Å²) in [5, 5.41) is 3.16. The Kier molecular flexibility index (Phi) is 4.69. The molecular weight excluding hydrogens is 326 g/mol. The van der Waals surface area contributed by atoms with Crippen LogP contribution in [0, 0.1) is 0 Å². The number of hydrogen-bond donors (Lipinski definition) is 1. The number of ether oxygens (including phenoxy) is 1. The van der Waals surface area contributed by atoms with Crippen molar-refractivity contribution in [3.05, 3.63) is 84.4 Å². The Bertz CT molecular complexity index is 861. The zero-order chi connectivity index (χ0) is 17.8. The Morgan fingerprint density at radius 2 is 1.85 bits per heavy atom. The topological polar surface area (TPSA) is 56.2 Å². The molecule has 3 aromatic rings. The summed E-state index contributed by atoms with van der Waals surface area (Å²) in [5.74, 6) is 1.64. The highest BCUT2D eigenvalue weighted by molar-refractivity contribution is 5.82. The Morgan fingerprint density at radius 3 is 2.62 bits per heavy atom. The number of aryl methyl sites for hydroxylation is 1. The van der Waals surface area contributed by atoms with Crippen LogP contribution in [0.4, 0.5) is 0 Å². The number of benzene rings is 2. The first-order valence-corrected chi connectivity index (χ1v) is 8.86. The van der Waals surface area contributed by atoms with Crippen molar-refractivity contribution in [2.75, 3.05) is 0 Å². The van der Waals surface area contributed by atoms with Crippen molar-refractivity contribution in [1.82, 2.24) is 14.9 Å². The van der Waals surface area contributed by atoms with E-state index in [2.05, 4.69) is 14.9 Å². The molecule has 2 aromatic carbocycles. The fourth-order valence-corrected chi connectivity index (χ4v) is 3.30. The number of rotatable bonds is 5. The minimum Gasteiger partial charge on any atom is -0.476 e. The highest BCUT2D eigenvalue weighted by Gasteiger charge is 2.27. The van der Waals surface area contributed by atoms with Crippen LogP contribution in [0.3, 0.4) is 0 Å². The number of nitrogens with zero attached hydrogens (tertiary/aromatic N) is 2. The largest absolute Gasteiger partial charge is 0.476 e. The van der Waals surface area contributed by atoms with E-state index < -0.39 is 6.10 Å². The van der Waals surface area contributed by atoms with Gasteiger partial charge in [0.1, 0.15) is 11.6 Å². The summed E-state index contributed by atoms with van der Waals surface area (Å²) in [6.07, 6.45) is 4.85. The van der Waals surface area contributed by atoms with Crippen molar-refractivity contribution in [1.29, 1.82) is 0 Å². The fraction of sp³-hybridized carbons (Fsp3) is 0.238. The standard InChI is InChI=1S/C21H21N3O2/c25-21(23-17-11-12-19-22-13-14-24(19)15-17)20(16-7-3-1-4-8-16)26-18-9-5-2-6-10-18/h1-10,13-14,17,20H,11-12,15H2,(H,23,25)/t17-,20-/m1/s1. The quantitative estimate of drug-likeness (QED) is 0.771. The van der Waals surface area contributed by atoms with Crippen LogP contribution in [0.2, 0.25) is 0 Å². The Labute approximate surface area is 152 Å². The van der Waals surface area contributed by atoms with Crippen LogP contribution in [-0.2, 0) is 17.8 Å². The molecule has 0 saturated carbocycles.